The molecule has 0 amide bonds. The molecule has 84 valence electrons. The molecule has 1 aromatic rings. The Morgan fingerprint density at radius 2 is 2.00 bits per heavy atom. The van der Waals surface area contributed by atoms with Crippen molar-refractivity contribution in [1.82, 2.24) is 9.97 Å². The van der Waals surface area contributed by atoms with Gasteiger partial charge in [-0.05, 0) is 19.4 Å². The molecule has 0 unspecified atom stereocenters. The van der Waals surface area contributed by atoms with Crippen LogP contribution in [0.25, 0.3) is 0 Å². The van der Waals surface area contributed by atoms with Gasteiger partial charge in [0.25, 0.3) is 0 Å². The molecule has 0 N–H and O–H groups in total. The van der Waals surface area contributed by atoms with Gasteiger partial charge in [0, 0.05) is 19.0 Å². The maximum Gasteiger partial charge on any atom is 0.158 e. The third-order valence-electron chi connectivity index (χ3n) is 1.77. The van der Waals surface area contributed by atoms with Crippen molar-refractivity contribution in [3.63, 3.8) is 0 Å². The normalized spacial score (nSPS) is 13.0. The summed E-state index contributed by atoms with van der Waals surface area (Å²) < 4.78 is 26.5. The Balaban J connectivity index is 2.83. The van der Waals surface area contributed by atoms with E-state index in [-0.39, 0.29) is 5.75 Å². The third-order valence-corrected chi connectivity index (χ3v) is 2.40. The molecule has 0 spiro atoms. The number of hydrogen-bond donors (Lipinski definition) is 1. The minimum atomic E-state index is -2.49. The standard InChI is InChI=1S/C9H14N2O3S/c1-3-14-8(6-15(12)13)9-10-4-7(2)5-11-9/h4-5,8,15H,3,6H2,1-2H3/t8-/m1/s1. The Morgan fingerprint density at radius 3 is 2.47 bits per heavy atom. The van der Waals surface area contributed by atoms with Crippen LogP contribution in [0.4, 0.5) is 0 Å². The van der Waals surface area contributed by atoms with Crippen molar-refractivity contribution in [2.24, 2.45) is 0 Å². The highest BCUT2D eigenvalue weighted by Gasteiger charge is 2.15. The highest BCUT2D eigenvalue weighted by atomic mass is 32.2. The van der Waals surface area contributed by atoms with E-state index in [1.807, 2.05) is 6.92 Å². The molecule has 0 radical (unpaired) electrons. The van der Waals surface area contributed by atoms with Crippen LogP contribution in [0.15, 0.2) is 12.4 Å². The minimum absolute atomic E-state index is 0.0771. The lowest BCUT2D eigenvalue weighted by atomic mass is 10.3. The monoisotopic (exact) mass is 230 g/mol. The predicted octanol–water partition coefficient (Wildman–Crippen LogP) is 0.474. The second-order valence-electron chi connectivity index (χ2n) is 3.08. The molecule has 0 aliphatic heterocycles. The number of rotatable bonds is 5. The van der Waals surface area contributed by atoms with Crippen LogP contribution in [-0.4, -0.2) is 30.7 Å². The quantitative estimate of drug-likeness (QED) is 0.745. The summed E-state index contributed by atoms with van der Waals surface area (Å²) in [6, 6.07) is 0. The summed E-state index contributed by atoms with van der Waals surface area (Å²) in [6.45, 7) is 4.11. The van der Waals surface area contributed by atoms with Gasteiger partial charge in [0.1, 0.15) is 16.8 Å². The van der Waals surface area contributed by atoms with Crippen molar-refractivity contribution in [3.05, 3.63) is 23.8 Å². The van der Waals surface area contributed by atoms with E-state index in [1.54, 1.807) is 19.3 Å². The summed E-state index contributed by atoms with van der Waals surface area (Å²) in [5.74, 6) is 0.341. The van der Waals surface area contributed by atoms with Crippen LogP contribution < -0.4 is 0 Å². The average Bonchev–Trinajstić information content (AvgIpc) is 2.17. The molecule has 1 heterocycles. The molecule has 0 aromatic carbocycles. The Morgan fingerprint density at radius 1 is 1.40 bits per heavy atom. The highest BCUT2D eigenvalue weighted by Crippen LogP contribution is 2.12. The number of aryl methyl sites for hydroxylation is 1. The van der Waals surface area contributed by atoms with Crippen LogP contribution in [0.1, 0.15) is 24.4 Å². The zero-order valence-corrected chi connectivity index (χ0v) is 9.61. The van der Waals surface area contributed by atoms with E-state index in [0.717, 1.165) is 5.56 Å². The summed E-state index contributed by atoms with van der Waals surface area (Å²) in [4.78, 5) is 8.09. The summed E-state index contributed by atoms with van der Waals surface area (Å²) in [7, 11) is -2.49. The smallest absolute Gasteiger partial charge is 0.158 e. The summed E-state index contributed by atoms with van der Waals surface area (Å²) in [5, 5.41) is 0. The van der Waals surface area contributed by atoms with Crippen molar-refractivity contribution in [2.45, 2.75) is 20.0 Å². The van der Waals surface area contributed by atoms with Crippen molar-refractivity contribution < 1.29 is 13.2 Å². The number of nitrogens with zero attached hydrogens (tertiary/aromatic N) is 2. The van der Waals surface area contributed by atoms with Crippen molar-refractivity contribution in [2.75, 3.05) is 12.4 Å². The maximum atomic E-state index is 10.6. The minimum Gasteiger partial charge on any atom is -0.369 e. The zero-order chi connectivity index (χ0) is 11.3. The lowest BCUT2D eigenvalue weighted by molar-refractivity contribution is 0.0726. The fourth-order valence-electron chi connectivity index (χ4n) is 1.11. The van der Waals surface area contributed by atoms with Crippen LogP contribution in [0, 0.1) is 6.92 Å². The van der Waals surface area contributed by atoms with Crippen LogP contribution in [0.5, 0.6) is 0 Å². The summed E-state index contributed by atoms with van der Waals surface area (Å²) >= 11 is 0. The molecule has 15 heavy (non-hydrogen) atoms. The topological polar surface area (TPSA) is 69.2 Å². The van der Waals surface area contributed by atoms with Crippen molar-refractivity contribution in [3.8, 4) is 0 Å². The Hall–Kier alpha value is -1.01. The second-order valence-corrected chi connectivity index (χ2v) is 4.11. The van der Waals surface area contributed by atoms with Gasteiger partial charge in [0.05, 0.1) is 5.75 Å². The molecule has 1 aromatic heterocycles. The Labute approximate surface area is 90.5 Å². The van der Waals surface area contributed by atoms with Gasteiger partial charge in [0.2, 0.25) is 0 Å². The first-order chi connectivity index (χ1) is 7.13. The highest BCUT2D eigenvalue weighted by molar-refractivity contribution is 7.72. The maximum absolute atomic E-state index is 10.6. The second kappa shape index (κ2) is 5.77. The number of hydrogen-bond acceptors (Lipinski definition) is 5. The van der Waals surface area contributed by atoms with Gasteiger partial charge in [0.15, 0.2) is 5.82 Å². The number of thiol groups is 1. The van der Waals surface area contributed by atoms with E-state index in [0.29, 0.717) is 12.4 Å². The molecule has 1 rings (SSSR count). The van der Waals surface area contributed by atoms with E-state index >= 15 is 0 Å². The van der Waals surface area contributed by atoms with E-state index in [4.69, 9.17) is 4.74 Å². The first-order valence-electron chi connectivity index (χ1n) is 4.65. The predicted molar refractivity (Wildman–Crippen MR) is 56.3 cm³/mol. The van der Waals surface area contributed by atoms with Crippen molar-refractivity contribution >= 4 is 10.7 Å². The number of ether oxygens (including phenoxy) is 1. The van der Waals surface area contributed by atoms with Gasteiger partial charge < -0.3 is 4.74 Å². The SMILES string of the molecule is CCO[C@H](C[SH](=O)=O)c1ncc(C)cn1. The lowest BCUT2D eigenvalue weighted by Gasteiger charge is -2.12. The fourth-order valence-corrected chi connectivity index (χ4v) is 1.65. The third kappa shape index (κ3) is 3.93. The van der Waals surface area contributed by atoms with Crippen LogP contribution >= 0.6 is 0 Å². The molecule has 0 bridgehead atoms. The molecule has 5 nitrogen and oxygen atoms in total. The van der Waals surface area contributed by atoms with E-state index in [1.165, 1.54) is 0 Å². The van der Waals surface area contributed by atoms with Gasteiger partial charge in [-0.1, -0.05) is 0 Å². The Kier molecular flexibility index (Phi) is 4.64. The van der Waals surface area contributed by atoms with E-state index in [9.17, 15) is 8.42 Å². The molecule has 6 heteroatoms. The molecule has 0 fully saturated rings. The first kappa shape index (κ1) is 12.1. The Bertz CT molecular complexity index is 367. The molecule has 0 aliphatic carbocycles. The van der Waals surface area contributed by atoms with Crippen LogP contribution in [-0.2, 0) is 15.4 Å². The van der Waals surface area contributed by atoms with E-state index < -0.39 is 16.8 Å². The van der Waals surface area contributed by atoms with Crippen LogP contribution in [0.3, 0.4) is 0 Å². The lowest BCUT2D eigenvalue weighted by Crippen LogP contribution is -2.13. The van der Waals surface area contributed by atoms with Gasteiger partial charge in [-0.15, -0.1) is 0 Å². The molecule has 0 aliphatic rings. The molecular formula is C9H14N2O3S. The molecular weight excluding hydrogens is 216 g/mol. The van der Waals surface area contributed by atoms with E-state index in [2.05, 4.69) is 9.97 Å². The fraction of sp³-hybridized carbons (Fsp3) is 0.556. The van der Waals surface area contributed by atoms with Gasteiger partial charge >= 0.3 is 0 Å². The largest absolute Gasteiger partial charge is 0.369 e. The summed E-state index contributed by atoms with van der Waals surface area (Å²) in [5.41, 5.74) is 0.931. The summed E-state index contributed by atoms with van der Waals surface area (Å²) in [6.07, 6.45) is 2.73. The van der Waals surface area contributed by atoms with Crippen LogP contribution in [0.2, 0.25) is 0 Å². The van der Waals surface area contributed by atoms with Gasteiger partial charge in [-0.2, -0.15) is 0 Å². The molecule has 1 atom stereocenters. The average molecular weight is 230 g/mol. The van der Waals surface area contributed by atoms with Gasteiger partial charge in [-0.3, -0.25) is 0 Å². The zero-order valence-electron chi connectivity index (χ0n) is 8.71. The molecule has 0 saturated carbocycles. The van der Waals surface area contributed by atoms with Crippen molar-refractivity contribution in [1.29, 1.82) is 0 Å². The first-order valence-corrected chi connectivity index (χ1v) is 6.01. The number of aromatic nitrogens is 2. The van der Waals surface area contributed by atoms with Gasteiger partial charge in [-0.25, -0.2) is 18.4 Å². The molecule has 0 saturated heterocycles.